The molecular weight excluding hydrogens is 388 g/mol. The molecule has 8 heteroatoms. The van der Waals surface area contributed by atoms with Crippen molar-refractivity contribution in [3.05, 3.63) is 29.8 Å². The minimum absolute atomic E-state index is 0.0529. The van der Waals surface area contributed by atoms with Gasteiger partial charge in [0.15, 0.2) is 6.54 Å². The number of piperazine rings is 1. The molecule has 1 saturated heterocycles. The zero-order valence-electron chi connectivity index (χ0n) is 17.2. The van der Waals surface area contributed by atoms with E-state index in [4.69, 9.17) is 0 Å². The standard InChI is InChI=1S/C21H30N4O3S/c1-16-6-5-8-19(17(16)2)23-21(26)15-24-10-12-25(13-11-24)29(27,28)20-9-4-3-7-18(20)14-22/h3-4,7,9,16-17,19H,5-6,8,10-13,15H2,1-2H3,(H,23,26)/p+1/t16-,17+,19-/m0/s1. The van der Waals surface area contributed by atoms with E-state index in [1.54, 1.807) is 12.1 Å². The highest BCUT2D eigenvalue weighted by molar-refractivity contribution is 7.89. The predicted molar refractivity (Wildman–Crippen MR) is 110 cm³/mol. The maximum absolute atomic E-state index is 12.9. The third-order valence-corrected chi connectivity index (χ3v) is 8.48. The third-order valence-electron chi connectivity index (χ3n) is 6.52. The van der Waals surface area contributed by atoms with Crippen LogP contribution in [0.2, 0.25) is 0 Å². The molecule has 29 heavy (non-hydrogen) atoms. The number of nitriles is 1. The molecule has 0 bridgehead atoms. The Hall–Kier alpha value is -1.95. The average molecular weight is 420 g/mol. The Balaban J connectivity index is 1.54. The van der Waals surface area contributed by atoms with Gasteiger partial charge in [0.2, 0.25) is 10.0 Å². The van der Waals surface area contributed by atoms with Gasteiger partial charge >= 0.3 is 0 Å². The van der Waals surface area contributed by atoms with E-state index in [2.05, 4.69) is 19.2 Å². The maximum Gasteiger partial charge on any atom is 0.275 e. The number of sulfonamides is 1. The number of nitrogens with one attached hydrogen (secondary N) is 2. The fourth-order valence-corrected chi connectivity index (χ4v) is 6.00. The SMILES string of the molecule is C[C@H]1[C@@H](NC(=O)C[NH+]2CCN(S(=O)(=O)c3ccccc3C#N)CC2)CCC[C@@H]1C. The van der Waals surface area contributed by atoms with Gasteiger partial charge in [0.05, 0.1) is 36.6 Å². The van der Waals surface area contributed by atoms with Crippen LogP contribution in [0.1, 0.15) is 38.7 Å². The highest BCUT2D eigenvalue weighted by Crippen LogP contribution is 2.29. The second kappa shape index (κ2) is 9.24. The number of carbonyl (C=O) groups excluding carboxylic acids is 1. The van der Waals surface area contributed by atoms with E-state index in [9.17, 15) is 18.5 Å². The summed E-state index contributed by atoms with van der Waals surface area (Å²) in [5.41, 5.74) is 0.164. The molecule has 1 aliphatic carbocycles. The Bertz CT molecular complexity index is 872. The van der Waals surface area contributed by atoms with Gasteiger partial charge in [-0.1, -0.05) is 38.8 Å². The van der Waals surface area contributed by atoms with Crippen LogP contribution in [0.15, 0.2) is 29.2 Å². The van der Waals surface area contributed by atoms with Crippen molar-refractivity contribution in [1.29, 1.82) is 5.26 Å². The summed E-state index contributed by atoms with van der Waals surface area (Å²) in [5.74, 6) is 1.17. The van der Waals surface area contributed by atoms with Crippen LogP contribution in [0.25, 0.3) is 0 Å². The van der Waals surface area contributed by atoms with Crippen LogP contribution in [0.4, 0.5) is 0 Å². The molecule has 1 aliphatic heterocycles. The average Bonchev–Trinajstić information content (AvgIpc) is 2.71. The Morgan fingerprint density at radius 3 is 2.62 bits per heavy atom. The lowest BCUT2D eigenvalue weighted by Gasteiger charge is -2.35. The molecular formula is C21H31N4O3S+. The first-order valence-electron chi connectivity index (χ1n) is 10.4. The van der Waals surface area contributed by atoms with Crippen LogP contribution in [-0.2, 0) is 14.8 Å². The first kappa shape index (κ1) is 21.8. The minimum atomic E-state index is -3.70. The molecule has 7 nitrogen and oxygen atoms in total. The van der Waals surface area contributed by atoms with Crippen LogP contribution >= 0.6 is 0 Å². The van der Waals surface area contributed by atoms with E-state index >= 15 is 0 Å². The summed E-state index contributed by atoms with van der Waals surface area (Å²) in [6.07, 6.45) is 3.42. The molecule has 2 N–H and O–H groups in total. The van der Waals surface area contributed by atoms with Crippen molar-refractivity contribution in [2.75, 3.05) is 32.7 Å². The minimum Gasteiger partial charge on any atom is -0.348 e. The van der Waals surface area contributed by atoms with E-state index in [0.29, 0.717) is 44.6 Å². The first-order valence-corrected chi connectivity index (χ1v) is 11.9. The lowest BCUT2D eigenvalue weighted by atomic mass is 9.78. The largest absolute Gasteiger partial charge is 0.348 e. The quantitative estimate of drug-likeness (QED) is 0.722. The monoisotopic (exact) mass is 419 g/mol. The molecule has 1 aromatic rings. The number of rotatable bonds is 5. The van der Waals surface area contributed by atoms with Gasteiger partial charge in [-0.25, -0.2) is 8.42 Å². The molecule has 1 amide bonds. The van der Waals surface area contributed by atoms with Gasteiger partial charge in [-0.15, -0.1) is 0 Å². The molecule has 0 radical (unpaired) electrons. The van der Waals surface area contributed by atoms with Crippen molar-refractivity contribution >= 4 is 15.9 Å². The van der Waals surface area contributed by atoms with E-state index in [1.165, 1.54) is 22.9 Å². The van der Waals surface area contributed by atoms with Crippen LogP contribution in [-0.4, -0.2) is 57.4 Å². The topological polar surface area (TPSA) is 94.7 Å². The first-order chi connectivity index (χ1) is 13.8. The Kier molecular flexibility index (Phi) is 6.93. The fourth-order valence-electron chi connectivity index (χ4n) is 4.41. The number of benzene rings is 1. The Labute approximate surface area is 173 Å². The van der Waals surface area contributed by atoms with Gasteiger partial charge in [0, 0.05) is 6.04 Å². The number of quaternary nitrogens is 1. The van der Waals surface area contributed by atoms with Gasteiger partial charge in [-0.05, 0) is 30.4 Å². The van der Waals surface area contributed by atoms with Gasteiger partial charge in [0.1, 0.15) is 6.07 Å². The molecule has 0 spiro atoms. The van der Waals surface area contributed by atoms with Crippen molar-refractivity contribution in [2.24, 2.45) is 11.8 Å². The van der Waals surface area contributed by atoms with E-state index < -0.39 is 10.0 Å². The van der Waals surface area contributed by atoms with Crippen molar-refractivity contribution < 1.29 is 18.1 Å². The number of carbonyl (C=O) groups is 1. The number of hydrogen-bond donors (Lipinski definition) is 2. The van der Waals surface area contributed by atoms with E-state index in [-0.39, 0.29) is 22.4 Å². The molecule has 3 rings (SSSR count). The molecule has 1 aromatic carbocycles. The summed E-state index contributed by atoms with van der Waals surface area (Å²) in [6, 6.07) is 8.49. The van der Waals surface area contributed by atoms with Gasteiger partial charge in [-0.3, -0.25) is 4.79 Å². The molecule has 158 valence electrons. The van der Waals surface area contributed by atoms with Crippen molar-refractivity contribution in [2.45, 2.75) is 44.0 Å². The lowest BCUT2D eigenvalue weighted by molar-refractivity contribution is -0.895. The summed E-state index contributed by atoms with van der Waals surface area (Å²) in [4.78, 5) is 13.7. The predicted octanol–water partition coefficient (Wildman–Crippen LogP) is 0.388. The number of nitrogens with zero attached hydrogens (tertiary/aromatic N) is 2. The molecule has 2 aliphatic rings. The van der Waals surface area contributed by atoms with Crippen molar-refractivity contribution in [1.82, 2.24) is 9.62 Å². The third kappa shape index (κ3) is 4.97. The second-order valence-corrected chi connectivity index (χ2v) is 10.3. The van der Waals surface area contributed by atoms with Crippen molar-refractivity contribution in [3.8, 4) is 6.07 Å². The molecule has 3 atom stereocenters. The molecule has 1 saturated carbocycles. The summed E-state index contributed by atoms with van der Waals surface area (Å²) < 4.78 is 27.2. The zero-order valence-corrected chi connectivity index (χ0v) is 18.0. The summed E-state index contributed by atoms with van der Waals surface area (Å²) >= 11 is 0. The Morgan fingerprint density at radius 2 is 1.93 bits per heavy atom. The normalized spacial score (nSPS) is 26.6. The van der Waals surface area contributed by atoms with E-state index in [0.717, 1.165) is 17.7 Å². The lowest BCUT2D eigenvalue weighted by Crippen LogP contribution is -3.15. The maximum atomic E-state index is 12.9. The molecule has 1 heterocycles. The number of hydrogen-bond acceptors (Lipinski definition) is 4. The van der Waals surface area contributed by atoms with Crippen LogP contribution in [0, 0.1) is 23.2 Å². The molecule has 2 fully saturated rings. The van der Waals surface area contributed by atoms with Crippen LogP contribution in [0.3, 0.4) is 0 Å². The van der Waals surface area contributed by atoms with Gasteiger partial charge < -0.3 is 10.2 Å². The molecule has 0 aromatic heterocycles. The number of amides is 1. The van der Waals surface area contributed by atoms with Crippen molar-refractivity contribution in [3.63, 3.8) is 0 Å². The van der Waals surface area contributed by atoms with Gasteiger partial charge in [0.25, 0.3) is 5.91 Å². The highest BCUT2D eigenvalue weighted by Gasteiger charge is 2.33. The Morgan fingerprint density at radius 1 is 1.24 bits per heavy atom. The summed E-state index contributed by atoms with van der Waals surface area (Å²) in [5, 5.41) is 12.4. The van der Waals surface area contributed by atoms with Crippen LogP contribution < -0.4 is 10.2 Å². The van der Waals surface area contributed by atoms with E-state index in [1.807, 2.05) is 6.07 Å². The zero-order chi connectivity index (χ0) is 21.0. The highest BCUT2D eigenvalue weighted by atomic mass is 32.2. The smallest absolute Gasteiger partial charge is 0.275 e. The summed E-state index contributed by atoms with van der Waals surface area (Å²) in [6.45, 7) is 6.70. The summed E-state index contributed by atoms with van der Waals surface area (Å²) in [7, 11) is -3.70. The van der Waals surface area contributed by atoms with Gasteiger partial charge in [-0.2, -0.15) is 9.57 Å². The second-order valence-electron chi connectivity index (χ2n) is 8.38. The van der Waals surface area contributed by atoms with Crippen LogP contribution in [0.5, 0.6) is 0 Å². The fraction of sp³-hybridized carbons (Fsp3) is 0.619. The molecule has 0 unspecified atom stereocenters.